The van der Waals surface area contributed by atoms with Gasteiger partial charge in [-0.05, 0) is 25.5 Å². The number of hydrogen-bond donors (Lipinski definition) is 0. The second kappa shape index (κ2) is 4.50. The zero-order valence-corrected chi connectivity index (χ0v) is 6.57. The summed E-state index contributed by atoms with van der Waals surface area (Å²) in [5, 5.41) is -0.152. The predicted octanol–water partition coefficient (Wildman–Crippen LogP) is 2.31. The van der Waals surface area contributed by atoms with E-state index in [0.29, 0.717) is 12.3 Å². The lowest BCUT2D eigenvalue weighted by Gasteiger charge is -1.97. The molecule has 51 valence electrons. The fourth-order valence-corrected chi connectivity index (χ4v) is 0.922. The largest absolute Gasteiger partial charge is 0.282 e. The molecular formula is C7H11OS. The lowest BCUT2D eigenvalue weighted by Crippen LogP contribution is -1.95. The van der Waals surface area contributed by atoms with Crippen LogP contribution in [-0.2, 0) is 4.79 Å². The second-order valence-electron chi connectivity index (χ2n) is 2.08. The van der Waals surface area contributed by atoms with Gasteiger partial charge in [-0.25, -0.2) is 0 Å². The van der Waals surface area contributed by atoms with E-state index in [0.717, 1.165) is 0 Å². The molecule has 0 aliphatic carbocycles. The topological polar surface area (TPSA) is 17.1 Å². The van der Waals surface area contributed by atoms with E-state index in [1.165, 1.54) is 0 Å². The highest BCUT2D eigenvalue weighted by Crippen LogP contribution is 2.05. The lowest BCUT2D eigenvalue weighted by molar-refractivity contribution is -0.111. The van der Waals surface area contributed by atoms with Crippen molar-refractivity contribution in [3.05, 3.63) is 12.2 Å². The molecular weight excluding hydrogens is 132 g/mol. The molecule has 0 aromatic carbocycles. The van der Waals surface area contributed by atoms with Gasteiger partial charge in [0.05, 0.1) is 0 Å². The van der Waals surface area contributed by atoms with Gasteiger partial charge in [-0.2, -0.15) is 0 Å². The molecule has 0 aromatic rings. The maximum Gasteiger partial charge on any atom is 0.219 e. The van der Waals surface area contributed by atoms with Crippen molar-refractivity contribution in [3.8, 4) is 0 Å². The van der Waals surface area contributed by atoms with E-state index < -0.39 is 0 Å². The smallest absolute Gasteiger partial charge is 0.219 e. The maximum atomic E-state index is 10.3. The molecule has 0 aliphatic heterocycles. The van der Waals surface area contributed by atoms with Gasteiger partial charge in [0.15, 0.2) is 0 Å². The van der Waals surface area contributed by atoms with Crippen LogP contribution in [0.15, 0.2) is 12.2 Å². The Morgan fingerprint density at radius 2 is 2.33 bits per heavy atom. The first kappa shape index (κ1) is 8.63. The van der Waals surface area contributed by atoms with E-state index in [-0.39, 0.29) is 5.12 Å². The van der Waals surface area contributed by atoms with Gasteiger partial charge in [-0.1, -0.05) is 19.1 Å². The van der Waals surface area contributed by atoms with Crippen LogP contribution in [0.4, 0.5) is 0 Å². The highest BCUT2D eigenvalue weighted by atomic mass is 32.1. The zero-order chi connectivity index (χ0) is 7.28. The molecule has 0 fully saturated rings. The van der Waals surface area contributed by atoms with Crippen molar-refractivity contribution >= 4 is 17.7 Å². The summed E-state index contributed by atoms with van der Waals surface area (Å²) in [6.45, 7) is 3.91. The van der Waals surface area contributed by atoms with Crippen LogP contribution in [-0.4, -0.2) is 5.12 Å². The molecule has 0 N–H and O–H groups in total. The van der Waals surface area contributed by atoms with Gasteiger partial charge in [0.25, 0.3) is 0 Å². The van der Waals surface area contributed by atoms with Crippen LogP contribution in [0.1, 0.15) is 20.3 Å². The van der Waals surface area contributed by atoms with Crippen molar-refractivity contribution in [2.24, 2.45) is 5.92 Å². The number of allylic oxidation sites excluding steroid dienone is 2. The van der Waals surface area contributed by atoms with Crippen molar-refractivity contribution in [1.82, 2.24) is 0 Å². The molecule has 0 aliphatic rings. The average molecular weight is 143 g/mol. The van der Waals surface area contributed by atoms with E-state index in [9.17, 15) is 4.79 Å². The summed E-state index contributed by atoms with van der Waals surface area (Å²) in [5.41, 5.74) is 0. The Morgan fingerprint density at radius 3 is 2.67 bits per heavy atom. The minimum atomic E-state index is -0.152. The van der Waals surface area contributed by atoms with Crippen molar-refractivity contribution in [1.29, 1.82) is 0 Å². The molecule has 2 heteroatoms. The Hall–Kier alpha value is -0.370. The zero-order valence-electron chi connectivity index (χ0n) is 5.76. The highest BCUT2D eigenvalue weighted by molar-refractivity contribution is 7.96. The quantitative estimate of drug-likeness (QED) is 0.554. The number of hydrogen-bond acceptors (Lipinski definition) is 1. The Morgan fingerprint density at radius 1 is 1.78 bits per heavy atom. The van der Waals surface area contributed by atoms with E-state index in [2.05, 4.69) is 12.6 Å². The normalized spacial score (nSPS) is 14.0. The SMILES string of the molecule is C/C=C/C(C)CC(=O)[S]. The minimum absolute atomic E-state index is 0.152. The first-order valence-electron chi connectivity index (χ1n) is 2.99. The Labute approximate surface area is 61.6 Å². The fourth-order valence-electron chi connectivity index (χ4n) is 0.659. The second-order valence-corrected chi connectivity index (χ2v) is 2.53. The van der Waals surface area contributed by atoms with E-state index >= 15 is 0 Å². The van der Waals surface area contributed by atoms with E-state index in [1.54, 1.807) is 0 Å². The summed E-state index contributed by atoms with van der Waals surface area (Å²) in [7, 11) is 0. The van der Waals surface area contributed by atoms with Crippen molar-refractivity contribution in [3.63, 3.8) is 0 Å². The number of rotatable bonds is 3. The average Bonchev–Trinajstić information content (AvgIpc) is 1.63. The molecule has 0 bridgehead atoms. The Bertz CT molecular complexity index is 118. The Kier molecular flexibility index (Phi) is 4.32. The van der Waals surface area contributed by atoms with E-state index in [1.807, 2.05) is 26.0 Å². The minimum Gasteiger partial charge on any atom is -0.282 e. The van der Waals surface area contributed by atoms with Crippen LogP contribution in [0.5, 0.6) is 0 Å². The van der Waals surface area contributed by atoms with E-state index in [4.69, 9.17) is 0 Å². The summed E-state index contributed by atoms with van der Waals surface area (Å²) in [6.07, 6.45) is 4.40. The van der Waals surface area contributed by atoms with Crippen LogP contribution >= 0.6 is 12.6 Å². The fraction of sp³-hybridized carbons (Fsp3) is 0.571. The Balaban J connectivity index is 3.50. The monoisotopic (exact) mass is 143 g/mol. The van der Waals surface area contributed by atoms with Crippen LogP contribution in [0.2, 0.25) is 0 Å². The van der Waals surface area contributed by atoms with Crippen LogP contribution < -0.4 is 0 Å². The third-order valence-corrected chi connectivity index (χ3v) is 1.18. The molecule has 0 aromatic heterocycles. The first-order chi connectivity index (χ1) is 4.16. The summed E-state index contributed by atoms with van der Waals surface area (Å²) in [6, 6.07) is 0. The summed E-state index contributed by atoms with van der Waals surface area (Å²) in [5.74, 6) is 0.306. The highest BCUT2D eigenvalue weighted by Gasteiger charge is 2.00. The van der Waals surface area contributed by atoms with Gasteiger partial charge in [0.1, 0.15) is 0 Å². The van der Waals surface area contributed by atoms with Gasteiger partial charge < -0.3 is 0 Å². The molecule has 1 nitrogen and oxygen atoms in total. The molecule has 0 heterocycles. The van der Waals surface area contributed by atoms with Gasteiger partial charge in [0, 0.05) is 6.42 Å². The molecule has 1 atom stereocenters. The molecule has 0 spiro atoms. The molecule has 0 saturated carbocycles. The number of carbonyl (C=O) groups excluding carboxylic acids is 1. The molecule has 0 saturated heterocycles. The molecule has 1 radical (unpaired) electrons. The standard InChI is InChI=1S/C7H11OS/c1-3-4-6(2)5-7(8)9/h3-4,6H,5H2,1-2H3/b4-3+. The van der Waals surface area contributed by atoms with Gasteiger partial charge in [0.2, 0.25) is 5.12 Å². The summed E-state index contributed by atoms with van der Waals surface area (Å²) >= 11 is 4.40. The van der Waals surface area contributed by atoms with Gasteiger partial charge in [-0.15, -0.1) is 0 Å². The molecule has 0 amide bonds. The third-order valence-electron chi connectivity index (χ3n) is 1.01. The van der Waals surface area contributed by atoms with Crippen LogP contribution in [0.3, 0.4) is 0 Å². The van der Waals surface area contributed by atoms with Gasteiger partial charge >= 0.3 is 0 Å². The lowest BCUT2D eigenvalue weighted by atomic mass is 10.1. The van der Waals surface area contributed by atoms with Crippen LogP contribution in [0, 0.1) is 5.92 Å². The predicted molar refractivity (Wildman–Crippen MR) is 41.2 cm³/mol. The summed E-state index contributed by atoms with van der Waals surface area (Å²) < 4.78 is 0. The molecule has 9 heavy (non-hydrogen) atoms. The molecule has 1 unspecified atom stereocenters. The first-order valence-corrected chi connectivity index (χ1v) is 3.40. The summed E-state index contributed by atoms with van der Waals surface area (Å²) in [4.78, 5) is 10.3. The van der Waals surface area contributed by atoms with Crippen LogP contribution in [0.25, 0.3) is 0 Å². The number of carbonyl (C=O) groups is 1. The van der Waals surface area contributed by atoms with Gasteiger partial charge in [-0.3, -0.25) is 4.79 Å². The third kappa shape index (κ3) is 5.50. The van der Waals surface area contributed by atoms with Crippen molar-refractivity contribution in [2.75, 3.05) is 0 Å². The maximum absolute atomic E-state index is 10.3. The van der Waals surface area contributed by atoms with Crippen molar-refractivity contribution in [2.45, 2.75) is 20.3 Å². The molecule has 0 rings (SSSR count). The van der Waals surface area contributed by atoms with Crippen molar-refractivity contribution < 1.29 is 4.79 Å².